The molecule has 0 aliphatic carbocycles. The lowest BCUT2D eigenvalue weighted by molar-refractivity contribution is 0.587. The number of nitrogen functional groups attached to an aromatic ring is 1. The lowest BCUT2D eigenvalue weighted by Gasteiger charge is -2.11. The number of sulfone groups is 1. The van der Waals surface area contributed by atoms with Crippen molar-refractivity contribution in [3.8, 4) is 11.1 Å². The van der Waals surface area contributed by atoms with E-state index < -0.39 is 15.1 Å². The summed E-state index contributed by atoms with van der Waals surface area (Å²) in [6.07, 6.45) is 0. The van der Waals surface area contributed by atoms with Gasteiger partial charge in [0.25, 0.3) is 0 Å². The fourth-order valence-corrected chi connectivity index (χ4v) is 3.73. The highest BCUT2D eigenvalue weighted by atomic mass is 35.5. The summed E-state index contributed by atoms with van der Waals surface area (Å²) in [7, 11) is -3.29. The highest BCUT2D eigenvalue weighted by Crippen LogP contribution is 2.37. The first-order chi connectivity index (χ1) is 9.73. The molecule has 2 rings (SSSR count). The standard InChI is InChI=1S/C15H15Cl2NO2S/c1-9(2)21(19,20)12-5-3-10(4-6-12)15-13(16)7-11(18)8-14(15)17/h3-9H,18H2,1-2H3. The van der Waals surface area contributed by atoms with Crippen LogP contribution in [-0.4, -0.2) is 13.7 Å². The maximum Gasteiger partial charge on any atom is 0.180 e. The van der Waals surface area contributed by atoms with Crippen LogP contribution in [0.5, 0.6) is 0 Å². The first-order valence-electron chi connectivity index (χ1n) is 6.32. The van der Waals surface area contributed by atoms with Crippen LogP contribution in [0.4, 0.5) is 5.69 Å². The van der Waals surface area contributed by atoms with Gasteiger partial charge in [-0.1, -0.05) is 35.3 Å². The van der Waals surface area contributed by atoms with Crippen LogP contribution in [0.3, 0.4) is 0 Å². The highest BCUT2D eigenvalue weighted by molar-refractivity contribution is 7.92. The molecule has 0 saturated carbocycles. The number of hydrogen-bond acceptors (Lipinski definition) is 3. The summed E-state index contributed by atoms with van der Waals surface area (Å²) in [6, 6.07) is 9.74. The topological polar surface area (TPSA) is 60.2 Å². The van der Waals surface area contributed by atoms with E-state index in [-0.39, 0.29) is 4.90 Å². The Bertz CT molecular complexity index is 746. The summed E-state index contributed by atoms with van der Waals surface area (Å²) < 4.78 is 24.2. The van der Waals surface area contributed by atoms with E-state index in [0.717, 1.165) is 5.56 Å². The number of rotatable bonds is 3. The van der Waals surface area contributed by atoms with Crippen LogP contribution in [0.15, 0.2) is 41.3 Å². The molecule has 2 N–H and O–H groups in total. The van der Waals surface area contributed by atoms with Crippen molar-refractivity contribution in [1.82, 2.24) is 0 Å². The predicted molar refractivity (Wildman–Crippen MR) is 88.6 cm³/mol. The van der Waals surface area contributed by atoms with Crippen molar-refractivity contribution in [3.63, 3.8) is 0 Å². The average molecular weight is 344 g/mol. The van der Waals surface area contributed by atoms with Gasteiger partial charge >= 0.3 is 0 Å². The largest absolute Gasteiger partial charge is 0.399 e. The quantitative estimate of drug-likeness (QED) is 0.838. The Morgan fingerprint density at radius 2 is 1.48 bits per heavy atom. The lowest BCUT2D eigenvalue weighted by atomic mass is 10.1. The van der Waals surface area contributed by atoms with Crippen LogP contribution < -0.4 is 5.73 Å². The number of benzene rings is 2. The maximum absolute atomic E-state index is 12.1. The first kappa shape index (κ1) is 16.1. The third kappa shape index (κ3) is 3.18. The average Bonchev–Trinajstić information content (AvgIpc) is 2.38. The van der Waals surface area contributed by atoms with Gasteiger partial charge in [0.2, 0.25) is 0 Å². The van der Waals surface area contributed by atoms with Crippen molar-refractivity contribution < 1.29 is 8.42 Å². The van der Waals surface area contributed by atoms with E-state index in [1.807, 2.05) is 0 Å². The van der Waals surface area contributed by atoms with E-state index in [0.29, 0.717) is 21.3 Å². The van der Waals surface area contributed by atoms with Gasteiger partial charge in [-0.3, -0.25) is 0 Å². The van der Waals surface area contributed by atoms with Crippen molar-refractivity contribution in [2.75, 3.05) is 5.73 Å². The van der Waals surface area contributed by atoms with Crippen LogP contribution in [-0.2, 0) is 9.84 Å². The van der Waals surface area contributed by atoms with Crippen LogP contribution in [0.25, 0.3) is 11.1 Å². The van der Waals surface area contributed by atoms with Gasteiger partial charge < -0.3 is 5.73 Å². The molecule has 0 aromatic heterocycles. The van der Waals surface area contributed by atoms with Gasteiger partial charge in [-0.05, 0) is 43.7 Å². The van der Waals surface area contributed by atoms with E-state index in [4.69, 9.17) is 28.9 Å². The van der Waals surface area contributed by atoms with Gasteiger partial charge in [0.1, 0.15) is 0 Å². The maximum atomic E-state index is 12.1. The van der Waals surface area contributed by atoms with Crippen molar-refractivity contribution in [2.45, 2.75) is 24.0 Å². The van der Waals surface area contributed by atoms with Crippen molar-refractivity contribution in [3.05, 3.63) is 46.4 Å². The van der Waals surface area contributed by atoms with Gasteiger partial charge in [0.05, 0.1) is 20.2 Å². The summed E-state index contributed by atoms with van der Waals surface area (Å²) in [6.45, 7) is 3.30. The molecule has 0 heterocycles. The second kappa shape index (κ2) is 5.87. The summed E-state index contributed by atoms with van der Waals surface area (Å²) in [5, 5.41) is 0.394. The van der Waals surface area contributed by atoms with Crippen LogP contribution >= 0.6 is 23.2 Å². The third-order valence-corrected chi connectivity index (χ3v) is 5.92. The molecule has 3 nitrogen and oxygen atoms in total. The van der Waals surface area contributed by atoms with E-state index in [1.165, 1.54) is 0 Å². The zero-order valence-corrected chi connectivity index (χ0v) is 13.9. The first-order valence-corrected chi connectivity index (χ1v) is 8.62. The molecule has 6 heteroatoms. The number of anilines is 1. The molecule has 0 atom stereocenters. The molecule has 0 unspecified atom stereocenters. The molecule has 0 radical (unpaired) electrons. The Morgan fingerprint density at radius 1 is 1.00 bits per heavy atom. The number of halogens is 2. The minimum atomic E-state index is -3.29. The zero-order chi connectivity index (χ0) is 15.8. The number of hydrogen-bond donors (Lipinski definition) is 1. The van der Waals surface area contributed by atoms with Crippen LogP contribution in [0, 0.1) is 0 Å². The molecular weight excluding hydrogens is 329 g/mol. The highest BCUT2D eigenvalue weighted by Gasteiger charge is 2.19. The van der Waals surface area contributed by atoms with Crippen LogP contribution in [0.2, 0.25) is 10.0 Å². The molecule has 0 saturated heterocycles. The Morgan fingerprint density at radius 3 is 1.90 bits per heavy atom. The van der Waals surface area contributed by atoms with Gasteiger partial charge in [-0.25, -0.2) is 8.42 Å². The molecule has 0 amide bonds. The monoisotopic (exact) mass is 343 g/mol. The summed E-state index contributed by atoms with van der Waals surface area (Å²) in [4.78, 5) is 0.281. The van der Waals surface area contributed by atoms with E-state index >= 15 is 0 Å². The minimum absolute atomic E-state index is 0.281. The molecule has 0 aliphatic heterocycles. The SMILES string of the molecule is CC(C)S(=O)(=O)c1ccc(-c2c(Cl)cc(N)cc2Cl)cc1. The Hall–Kier alpha value is -1.23. The molecule has 112 valence electrons. The van der Waals surface area contributed by atoms with Gasteiger partial charge in [-0.2, -0.15) is 0 Å². The normalized spacial score (nSPS) is 11.9. The van der Waals surface area contributed by atoms with Gasteiger partial charge in [0, 0.05) is 11.3 Å². The second-order valence-electron chi connectivity index (χ2n) is 4.98. The lowest BCUT2D eigenvalue weighted by Crippen LogP contribution is -2.13. The summed E-state index contributed by atoms with van der Waals surface area (Å²) in [5.41, 5.74) is 7.54. The Labute approximate surface area is 134 Å². The fourth-order valence-electron chi connectivity index (χ4n) is 1.95. The van der Waals surface area contributed by atoms with E-state index in [2.05, 4.69) is 0 Å². The third-order valence-electron chi connectivity index (χ3n) is 3.16. The van der Waals surface area contributed by atoms with Gasteiger partial charge in [0.15, 0.2) is 9.84 Å². The molecule has 2 aromatic carbocycles. The van der Waals surface area contributed by atoms with Crippen LogP contribution in [0.1, 0.15) is 13.8 Å². The smallest absolute Gasteiger partial charge is 0.180 e. The fraction of sp³-hybridized carbons (Fsp3) is 0.200. The molecular formula is C15H15Cl2NO2S. The minimum Gasteiger partial charge on any atom is -0.399 e. The zero-order valence-electron chi connectivity index (χ0n) is 11.6. The van der Waals surface area contributed by atoms with Crippen molar-refractivity contribution >= 4 is 38.7 Å². The molecule has 0 aliphatic rings. The Balaban J connectivity index is 2.50. The molecule has 21 heavy (non-hydrogen) atoms. The molecule has 2 aromatic rings. The summed E-state index contributed by atoms with van der Waals surface area (Å²) in [5.74, 6) is 0. The molecule has 0 fully saturated rings. The predicted octanol–water partition coefficient (Wildman–Crippen LogP) is 4.42. The number of nitrogens with two attached hydrogens (primary N) is 1. The Kier molecular flexibility index (Phi) is 4.51. The van der Waals surface area contributed by atoms with E-state index in [1.54, 1.807) is 50.2 Å². The van der Waals surface area contributed by atoms with Crippen molar-refractivity contribution in [1.29, 1.82) is 0 Å². The summed E-state index contributed by atoms with van der Waals surface area (Å²) >= 11 is 12.3. The van der Waals surface area contributed by atoms with Crippen molar-refractivity contribution in [2.24, 2.45) is 0 Å². The van der Waals surface area contributed by atoms with Gasteiger partial charge in [-0.15, -0.1) is 0 Å². The molecule has 0 bridgehead atoms. The second-order valence-corrected chi connectivity index (χ2v) is 8.30. The molecule has 0 spiro atoms. The van der Waals surface area contributed by atoms with E-state index in [9.17, 15) is 8.42 Å².